The third-order valence-corrected chi connectivity index (χ3v) is 4.68. The highest BCUT2D eigenvalue weighted by molar-refractivity contribution is 5.87. The number of fused-ring (bicyclic) bond motifs is 1. The number of hydrogen-bond acceptors (Lipinski definition) is 4. The molecule has 0 radical (unpaired) electrons. The Morgan fingerprint density at radius 3 is 2.71 bits per heavy atom. The van der Waals surface area contributed by atoms with Gasteiger partial charge in [0.2, 0.25) is 5.56 Å². The van der Waals surface area contributed by atoms with Crippen LogP contribution in [0.1, 0.15) is 30.6 Å². The van der Waals surface area contributed by atoms with Gasteiger partial charge in [0.15, 0.2) is 0 Å². The van der Waals surface area contributed by atoms with E-state index in [0.717, 1.165) is 18.4 Å². The van der Waals surface area contributed by atoms with Gasteiger partial charge in [0, 0.05) is 24.0 Å². The average molecular weight is 407 g/mol. The number of rotatable bonds is 7. The summed E-state index contributed by atoms with van der Waals surface area (Å²) in [4.78, 5) is 14.1. The van der Waals surface area contributed by atoms with Crippen LogP contribution in [0.25, 0.3) is 10.9 Å². The topological polar surface area (TPSA) is 85.3 Å². The zero-order valence-corrected chi connectivity index (χ0v) is 16.3. The van der Waals surface area contributed by atoms with Crippen molar-refractivity contribution in [2.24, 2.45) is 0 Å². The number of halogens is 2. The van der Waals surface area contributed by atoms with E-state index in [-0.39, 0.29) is 35.6 Å². The molecule has 0 fully saturated rings. The van der Waals surface area contributed by atoms with Crippen molar-refractivity contribution in [3.63, 3.8) is 0 Å². The van der Waals surface area contributed by atoms with Crippen LogP contribution in [0.4, 0.5) is 4.39 Å². The van der Waals surface area contributed by atoms with Gasteiger partial charge in [-0.3, -0.25) is 4.79 Å². The number of H-pyrrole nitrogens is 1. The lowest BCUT2D eigenvalue weighted by molar-refractivity contribution is 0.171. The van der Waals surface area contributed by atoms with Crippen molar-refractivity contribution in [2.45, 2.75) is 31.9 Å². The molecule has 0 bridgehead atoms. The third kappa shape index (κ3) is 5.32. The zero-order chi connectivity index (χ0) is 19.4. The van der Waals surface area contributed by atoms with Crippen LogP contribution in [0.5, 0.6) is 5.75 Å². The molecule has 7 heteroatoms. The molecular formula is C21H24ClFN2O3. The first-order valence-electron chi connectivity index (χ1n) is 8.95. The van der Waals surface area contributed by atoms with E-state index < -0.39 is 6.10 Å². The molecule has 150 valence electrons. The van der Waals surface area contributed by atoms with Gasteiger partial charge in [0.1, 0.15) is 11.6 Å². The maximum Gasteiger partial charge on any atom is 0.248 e. The van der Waals surface area contributed by atoms with Crippen molar-refractivity contribution in [1.82, 2.24) is 10.3 Å². The Labute approximate surface area is 168 Å². The summed E-state index contributed by atoms with van der Waals surface area (Å²) in [6.45, 7) is 2.34. The molecule has 2 atom stereocenters. The second-order valence-corrected chi connectivity index (χ2v) is 6.78. The van der Waals surface area contributed by atoms with Gasteiger partial charge in [-0.15, -0.1) is 12.4 Å². The van der Waals surface area contributed by atoms with Crippen LogP contribution >= 0.6 is 12.4 Å². The molecule has 1 aromatic heterocycles. The van der Waals surface area contributed by atoms with Crippen LogP contribution in [0.15, 0.2) is 53.3 Å². The first kappa shape index (κ1) is 21.9. The molecule has 2 unspecified atom stereocenters. The largest absolute Gasteiger partial charge is 0.506 e. The molecule has 28 heavy (non-hydrogen) atoms. The van der Waals surface area contributed by atoms with Crippen molar-refractivity contribution in [3.05, 3.63) is 75.8 Å². The minimum Gasteiger partial charge on any atom is -0.506 e. The number of hydrogen-bond donors (Lipinski definition) is 4. The number of aliphatic hydroxyl groups is 1. The molecule has 0 aliphatic heterocycles. The molecule has 2 aromatic carbocycles. The highest BCUT2D eigenvalue weighted by atomic mass is 35.5. The number of aryl methyl sites for hydroxylation is 1. The Morgan fingerprint density at radius 1 is 1.18 bits per heavy atom. The highest BCUT2D eigenvalue weighted by Crippen LogP contribution is 2.28. The summed E-state index contributed by atoms with van der Waals surface area (Å²) in [5, 5.41) is 24.4. The van der Waals surface area contributed by atoms with Crippen molar-refractivity contribution in [2.75, 3.05) is 6.54 Å². The zero-order valence-electron chi connectivity index (χ0n) is 15.5. The molecule has 3 rings (SSSR count). The molecule has 0 aliphatic rings. The number of phenols is 1. The Kier molecular flexibility index (Phi) is 7.57. The van der Waals surface area contributed by atoms with E-state index in [1.54, 1.807) is 18.2 Å². The van der Waals surface area contributed by atoms with Gasteiger partial charge in [-0.25, -0.2) is 4.39 Å². The van der Waals surface area contributed by atoms with E-state index in [1.807, 2.05) is 13.0 Å². The monoisotopic (exact) mass is 406 g/mol. The van der Waals surface area contributed by atoms with Gasteiger partial charge >= 0.3 is 0 Å². The average Bonchev–Trinajstić information content (AvgIpc) is 2.65. The third-order valence-electron chi connectivity index (χ3n) is 4.68. The molecule has 0 amide bonds. The van der Waals surface area contributed by atoms with Crippen LogP contribution in [-0.4, -0.2) is 27.8 Å². The standard InChI is InChI=1S/C21H23FN2O3.ClH/c1-13(5-6-14-3-2-4-15(22)11-14)23-12-19(26)16-7-9-18(25)21-17(16)8-10-20(27)24-21;/h2-4,7-11,13,19,23,25-26H,5-6,12H2,1H3,(H,24,27);1H. The van der Waals surface area contributed by atoms with E-state index in [9.17, 15) is 19.4 Å². The lowest BCUT2D eigenvalue weighted by atomic mass is 10.0. The molecule has 0 saturated heterocycles. The van der Waals surface area contributed by atoms with E-state index >= 15 is 0 Å². The number of pyridine rings is 1. The van der Waals surface area contributed by atoms with E-state index in [4.69, 9.17) is 0 Å². The quantitative estimate of drug-likeness (QED) is 0.484. The van der Waals surface area contributed by atoms with E-state index in [2.05, 4.69) is 10.3 Å². The maximum absolute atomic E-state index is 13.2. The molecule has 3 aromatic rings. The molecule has 0 spiro atoms. The SMILES string of the molecule is CC(CCc1cccc(F)c1)NCC(O)c1ccc(O)c2[nH]c(=O)ccc12.Cl. The molecule has 0 saturated carbocycles. The van der Waals surface area contributed by atoms with Crippen molar-refractivity contribution in [1.29, 1.82) is 0 Å². The Hall–Kier alpha value is -2.41. The summed E-state index contributed by atoms with van der Waals surface area (Å²) in [6.07, 6.45) is 0.751. The normalized spacial score (nSPS) is 13.1. The first-order chi connectivity index (χ1) is 12.9. The lowest BCUT2D eigenvalue weighted by Crippen LogP contribution is -2.31. The number of benzene rings is 2. The predicted octanol–water partition coefficient (Wildman–Crippen LogP) is 3.44. The summed E-state index contributed by atoms with van der Waals surface area (Å²) < 4.78 is 13.2. The summed E-state index contributed by atoms with van der Waals surface area (Å²) in [5.41, 5.74) is 1.58. The molecule has 0 aliphatic carbocycles. The fourth-order valence-electron chi connectivity index (χ4n) is 3.15. The first-order valence-corrected chi connectivity index (χ1v) is 8.95. The van der Waals surface area contributed by atoms with Crippen molar-refractivity contribution >= 4 is 23.3 Å². The second-order valence-electron chi connectivity index (χ2n) is 6.78. The van der Waals surface area contributed by atoms with Gasteiger partial charge in [0.05, 0.1) is 11.6 Å². The van der Waals surface area contributed by atoms with Crippen molar-refractivity contribution in [3.8, 4) is 5.75 Å². The number of aliphatic hydroxyl groups excluding tert-OH is 1. The lowest BCUT2D eigenvalue weighted by Gasteiger charge is -2.19. The van der Waals surface area contributed by atoms with Crippen LogP contribution in [0, 0.1) is 5.82 Å². The summed E-state index contributed by atoms with van der Waals surface area (Å²) >= 11 is 0. The van der Waals surface area contributed by atoms with Gasteiger partial charge in [0.25, 0.3) is 0 Å². The molecular weight excluding hydrogens is 383 g/mol. The van der Waals surface area contributed by atoms with Crippen molar-refractivity contribution < 1.29 is 14.6 Å². The van der Waals surface area contributed by atoms with E-state index in [0.29, 0.717) is 23.0 Å². The number of aromatic amines is 1. The van der Waals surface area contributed by atoms with E-state index in [1.165, 1.54) is 24.3 Å². The van der Waals surface area contributed by atoms with Gasteiger partial charge in [-0.1, -0.05) is 18.2 Å². The Morgan fingerprint density at radius 2 is 1.96 bits per heavy atom. The number of aromatic nitrogens is 1. The van der Waals surface area contributed by atoms with Crippen LogP contribution in [0.2, 0.25) is 0 Å². The molecule has 4 N–H and O–H groups in total. The minimum atomic E-state index is -0.796. The Bertz CT molecular complexity index is 993. The fourth-order valence-corrected chi connectivity index (χ4v) is 3.15. The summed E-state index contributed by atoms with van der Waals surface area (Å²) in [5.74, 6) is -0.268. The number of phenolic OH excluding ortho intramolecular Hbond substituents is 1. The van der Waals surface area contributed by atoms with Crippen LogP contribution < -0.4 is 10.9 Å². The predicted molar refractivity (Wildman–Crippen MR) is 111 cm³/mol. The van der Waals surface area contributed by atoms with Gasteiger partial charge in [-0.2, -0.15) is 0 Å². The Balaban J connectivity index is 0.00000280. The molecule has 1 heterocycles. The number of aromatic hydroxyl groups is 1. The smallest absolute Gasteiger partial charge is 0.248 e. The van der Waals surface area contributed by atoms with Gasteiger partial charge in [-0.05, 0) is 55.2 Å². The second kappa shape index (κ2) is 9.68. The maximum atomic E-state index is 13.2. The van der Waals surface area contributed by atoms with Crippen LogP contribution in [0.3, 0.4) is 0 Å². The number of nitrogens with one attached hydrogen (secondary N) is 2. The molecule has 5 nitrogen and oxygen atoms in total. The van der Waals surface area contributed by atoms with Gasteiger partial charge < -0.3 is 20.5 Å². The highest BCUT2D eigenvalue weighted by Gasteiger charge is 2.15. The fraction of sp³-hybridized carbons (Fsp3) is 0.286. The summed E-state index contributed by atoms with van der Waals surface area (Å²) in [6, 6.07) is 12.8. The van der Waals surface area contributed by atoms with Crippen LogP contribution in [-0.2, 0) is 6.42 Å². The summed E-state index contributed by atoms with van der Waals surface area (Å²) in [7, 11) is 0. The minimum absolute atomic E-state index is 0.